The predicted molar refractivity (Wildman–Crippen MR) is 108 cm³/mol. The van der Waals surface area contributed by atoms with Gasteiger partial charge in [-0.2, -0.15) is 0 Å². The molecule has 0 aromatic heterocycles. The maximum Gasteiger partial charge on any atom is 0.224 e. The fraction of sp³-hybridized carbons (Fsp3) is 0.364. The van der Waals surface area contributed by atoms with E-state index in [2.05, 4.69) is 17.4 Å². The third-order valence-electron chi connectivity index (χ3n) is 4.47. The molecule has 0 heterocycles. The number of aryl methyl sites for hydroxylation is 3. The number of rotatable bonds is 7. The number of nitrogens with zero attached hydrogens (tertiary/aromatic N) is 1. The summed E-state index contributed by atoms with van der Waals surface area (Å²) in [6.07, 6.45) is 0.298. The van der Waals surface area contributed by atoms with Crippen molar-refractivity contribution in [1.29, 1.82) is 0 Å². The van der Waals surface area contributed by atoms with Crippen LogP contribution in [-0.4, -0.2) is 32.0 Å². The van der Waals surface area contributed by atoms with Crippen LogP contribution in [0.5, 0.6) is 5.75 Å². The molecule has 0 aliphatic rings. The van der Waals surface area contributed by atoms with Crippen molar-refractivity contribution in [2.45, 2.75) is 34.1 Å². The Bertz CT molecular complexity index is 790. The number of carbonyl (C=O) groups excluding carboxylic acids is 2. The zero-order chi connectivity index (χ0) is 20.0. The van der Waals surface area contributed by atoms with Crippen molar-refractivity contribution in [3.63, 3.8) is 0 Å². The fourth-order valence-corrected chi connectivity index (χ4v) is 3.32. The lowest BCUT2D eigenvalue weighted by molar-refractivity contribution is -0.121. The second-order valence-corrected chi connectivity index (χ2v) is 6.79. The molecule has 2 rings (SSSR count). The summed E-state index contributed by atoms with van der Waals surface area (Å²) in [4.78, 5) is 26.1. The van der Waals surface area contributed by atoms with Crippen molar-refractivity contribution in [2.24, 2.45) is 0 Å². The Morgan fingerprint density at radius 3 is 2.15 bits per heavy atom. The van der Waals surface area contributed by atoms with E-state index in [4.69, 9.17) is 4.74 Å². The van der Waals surface area contributed by atoms with Gasteiger partial charge in [0.1, 0.15) is 5.75 Å². The largest absolute Gasteiger partial charge is 0.497 e. The van der Waals surface area contributed by atoms with E-state index in [-0.39, 0.29) is 11.8 Å². The lowest BCUT2D eigenvalue weighted by atomic mass is 10.0. The van der Waals surface area contributed by atoms with Gasteiger partial charge in [0.05, 0.1) is 13.5 Å². The Hall–Kier alpha value is -2.82. The van der Waals surface area contributed by atoms with Crippen LogP contribution in [0.2, 0.25) is 0 Å². The molecule has 144 valence electrons. The fourth-order valence-electron chi connectivity index (χ4n) is 3.32. The van der Waals surface area contributed by atoms with Gasteiger partial charge in [-0.05, 0) is 49.6 Å². The predicted octanol–water partition coefficient (Wildman–Crippen LogP) is 3.33. The molecule has 0 bridgehead atoms. The summed E-state index contributed by atoms with van der Waals surface area (Å²) in [5.74, 6) is 0.663. The molecule has 5 heteroatoms. The van der Waals surface area contributed by atoms with Crippen molar-refractivity contribution < 1.29 is 14.3 Å². The van der Waals surface area contributed by atoms with Crippen LogP contribution in [0, 0.1) is 20.8 Å². The molecule has 0 saturated carbocycles. The molecule has 0 unspecified atom stereocenters. The van der Waals surface area contributed by atoms with Gasteiger partial charge in [-0.3, -0.25) is 9.59 Å². The third-order valence-corrected chi connectivity index (χ3v) is 4.47. The third kappa shape index (κ3) is 5.58. The van der Waals surface area contributed by atoms with Crippen molar-refractivity contribution >= 4 is 17.5 Å². The first-order valence-corrected chi connectivity index (χ1v) is 9.07. The van der Waals surface area contributed by atoms with Gasteiger partial charge in [0.2, 0.25) is 11.8 Å². The zero-order valence-electron chi connectivity index (χ0n) is 16.8. The van der Waals surface area contributed by atoms with Crippen molar-refractivity contribution in [2.75, 3.05) is 25.1 Å². The molecule has 0 spiro atoms. The van der Waals surface area contributed by atoms with Gasteiger partial charge in [0.25, 0.3) is 0 Å². The van der Waals surface area contributed by atoms with E-state index in [0.717, 1.165) is 28.1 Å². The van der Waals surface area contributed by atoms with E-state index in [9.17, 15) is 9.59 Å². The number of nitrogens with one attached hydrogen (secondary N) is 1. The van der Waals surface area contributed by atoms with Crippen LogP contribution in [0.4, 0.5) is 5.69 Å². The molecule has 2 aromatic rings. The minimum Gasteiger partial charge on any atom is -0.497 e. The zero-order valence-corrected chi connectivity index (χ0v) is 16.8. The average Bonchev–Trinajstić information content (AvgIpc) is 2.60. The number of ether oxygens (including phenoxy) is 1. The number of methoxy groups -OCH3 is 1. The monoisotopic (exact) mass is 368 g/mol. The van der Waals surface area contributed by atoms with Crippen LogP contribution in [0.3, 0.4) is 0 Å². The van der Waals surface area contributed by atoms with E-state index in [0.29, 0.717) is 19.5 Å². The van der Waals surface area contributed by atoms with Gasteiger partial charge >= 0.3 is 0 Å². The molecule has 2 amide bonds. The molecule has 1 N–H and O–H groups in total. The maximum absolute atomic E-state index is 12.2. The number of anilines is 1. The maximum atomic E-state index is 12.2. The first kappa shape index (κ1) is 20.5. The Kier molecular flexibility index (Phi) is 6.99. The molecular weight excluding hydrogens is 340 g/mol. The highest BCUT2D eigenvalue weighted by Crippen LogP contribution is 2.26. The summed E-state index contributed by atoms with van der Waals surface area (Å²) in [5.41, 5.74) is 5.14. The lowest BCUT2D eigenvalue weighted by Gasteiger charge is -2.25. The van der Waals surface area contributed by atoms with Gasteiger partial charge in [0.15, 0.2) is 0 Å². The molecular formula is C22H28N2O3. The molecule has 0 atom stereocenters. The first-order chi connectivity index (χ1) is 12.8. The van der Waals surface area contributed by atoms with Crippen molar-refractivity contribution in [3.8, 4) is 5.75 Å². The summed E-state index contributed by atoms with van der Waals surface area (Å²) in [6, 6.07) is 11.6. The Balaban J connectivity index is 1.96. The summed E-state index contributed by atoms with van der Waals surface area (Å²) < 4.78 is 5.12. The molecule has 5 nitrogen and oxygen atoms in total. The Morgan fingerprint density at radius 1 is 1.04 bits per heavy atom. The topological polar surface area (TPSA) is 58.6 Å². The van der Waals surface area contributed by atoms with E-state index < -0.39 is 0 Å². The standard InChI is InChI=1S/C22H28N2O3/c1-15-12-16(2)22(17(3)13-15)24(18(4)25)11-10-23-21(26)14-19-6-8-20(27-5)9-7-19/h6-9,12-13H,10-11,14H2,1-5H3,(H,23,26). The smallest absolute Gasteiger partial charge is 0.224 e. The summed E-state index contributed by atoms with van der Waals surface area (Å²) in [6.45, 7) is 8.45. The quantitative estimate of drug-likeness (QED) is 0.815. The van der Waals surface area contributed by atoms with Gasteiger partial charge < -0.3 is 15.0 Å². The summed E-state index contributed by atoms with van der Waals surface area (Å²) >= 11 is 0. The normalized spacial score (nSPS) is 10.4. The van der Waals surface area contributed by atoms with Crippen LogP contribution < -0.4 is 15.0 Å². The molecule has 0 radical (unpaired) electrons. The van der Waals surface area contributed by atoms with Gasteiger partial charge in [-0.15, -0.1) is 0 Å². The van der Waals surface area contributed by atoms with Gasteiger partial charge in [-0.1, -0.05) is 29.8 Å². The van der Waals surface area contributed by atoms with Crippen LogP contribution in [0.15, 0.2) is 36.4 Å². The second-order valence-electron chi connectivity index (χ2n) is 6.79. The second kappa shape index (κ2) is 9.21. The minimum absolute atomic E-state index is 0.0329. The molecule has 0 aliphatic heterocycles. The highest BCUT2D eigenvalue weighted by Gasteiger charge is 2.16. The van der Waals surface area contributed by atoms with Crippen LogP contribution >= 0.6 is 0 Å². The Morgan fingerprint density at radius 2 is 1.63 bits per heavy atom. The lowest BCUT2D eigenvalue weighted by Crippen LogP contribution is -2.38. The van der Waals surface area contributed by atoms with Crippen LogP contribution in [0.25, 0.3) is 0 Å². The van der Waals surface area contributed by atoms with Gasteiger partial charge in [0, 0.05) is 25.7 Å². The number of amides is 2. The SMILES string of the molecule is COc1ccc(CC(=O)NCCN(C(C)=O)c2c(C)cc(C)cc2C)cc1. The van der Waals surface area contributed by atoms with E-state index in [1.165, 1.54) is 5.56 Å². The minimum atomic E-state index is -0.0685. The van der Waals surface area contributed by atoms with Crippen LogP contribution in [0.1, 0.15) is 29.2 Å². The van der Waals surface area contributed by atoms with E-state index in [1.54, 1.807) is 18.9 Å². The van der Waals surface area contributed by atoms with Crippen molar-refractivity contribution in [3.05, 3.63) is 58.7 Å². The van der Waals surface area contributed by atoms with E-state index >= 15 is 0 Å². The number of hydrogen-bond acceptors (Lipinski definition) is 3. The first-order valence-electron chi connectivity index (χ1n) is 9.07. The molecule has 27 heavy (non-hydrogen) atoms. The van der Waals surface area contributed by atoms with Crippen molar-refractivity contribution in [1.82, 2.24) is 5.32 Å². The number of hydrogen-bond donors (Lipinski definition) is 1. The molecule has 0 fully saturated rings. The Labute approximate surface area is 161 Å². The summed E-state index contributed by atoms with van der Waals surface area (Å²) in [7, 11) is 1.61. The highest BCUT2D eigenvalue weighted by molar-refractivity contribution is 5.93. The van der Waals surface area contributed by atoms with Gasteiger partial charge in [-0.25, -0.2) is 0 Å². The molecule has 0 aliphatic carbocycles. The highest BCUT2D eigenvalue weighted by atomic mass is 16.5. The van der Waals surface area contributed by atoms with E-state index in [1.807, 2.05) is 45.0 Å². The number of carbonyl (C=O) groups is 2. The number of benzene rings is 2. The van der Waals surface area contributed by atoms with Crippen LogP contribution in [-0.2, 0) is 16.0 Å². The summed E-state index contributed by atoms with van der Waals surface area (Å²) in [5, 5.41) is 2.90. The average molecular weight is 368 g/mol. The molecule has 0 saturated heterocycles. The molecule has 2 aromatic carbocycles.